The fourth-order valence-electron chi connectivity index (χ4n) is 2.84. The number of nitrogens with one attached hydrogen (secondary N) is 1. The van der Waals surface area contributed by atoms with Crippen molar-refractivity contribution in [2.75, 3.05) is 0 Å². The van der Waals surface area contributed by atoms with E-state index in [0.717, 1.165) is 12.0 Å². The second-order valence-electron chi connectivity index (χ2n) is 6.14. The summed E-state index contributed by atoms with van der Waals surface area (Å²) in [6.45, 7) is 6.25. The van der Waals surface area contributed by atoms with Crippen molar-refractivity contribution in [3.63, 3.8) is 0 Å². The number of amides is 1. The van der Waals surface area contributed by atoms with E-state index in [1.807, 2.05) is 12.1 Å². The van der Waals surface area contributed by atoms with Crippen LogP contribution < -0.4 is 5.32 Å². The molecule has 0 radical (unpaired) electrons. The van der Waals surface area contributed by atoms with Crippen LogP contribution in [0.25, 0.3) is 0 Å². The lowest BCUT2D eigenvalue weighted by molar-refractivity contribution is -0.121. The van der Waals surface area contributed by atoms with Gasteiger partial charge in [-0.2, -0.15) is 0 Å². The molecule has 1 amide bonds. The van der Waals surface area contributed by atoms with Crippen LogP contribution >= 0.6 is 23.2 Å². The van der Waals surface area contributed by atoms with Gasteiger partial charge in [-0.1, -0.05) is 60.0 Å². The molecule has 0 bridgehead atoms. The maximum absolute atomic E-state index is 12.3. The topological polar surface area (TPSA) is 29.1 Å². The van der Waals surface area contributed by atoms with Crippen LogP contribution in [0.1, 0.15) is 48.1 Å². The van der Waals surface area contributed by atoms with Crippen LogP contribution in [-0.2, 0) is 11.2 Å². The third kappa shape index (κ3) is 4.99. The Morgan fingerprint density at radius 2 is 1.83 bits per heavy atom. The summed E-state index contributed by atoms with van der Waals surface area (Å²) >= 11 is 11.9. The molecular weight excluding hydrogens is 341 g/mol. The summed E-state index contributed by atoms with van der Waals surface area (Å²) in [7, 11) is 0. The lowest BCUT2D eigenvalue weighted by Gasteiger charge is -2.20. The van der Waals surface area contributed by atoms with Gasteiger partial charge in [-0.25, -0.2) is 0 Å². The number of rotatable bonds is 6. The predicted octanol–water partition coefficient (Wildman–Crippen LogP) is 5.81. The lowest BCUT2D eigenvalue weighted by atomic mass is 9.97. The maximum atomic E-state index is 12.3. The van der Waals surface area contributed by atoms with E-state index in [1.165, 1.54) is 16.7 Å². The van der Waals surface area contributed by atoms with Crippen molar-refractivity contribution in [3.8, 4) is 0 Å². The van der Waals surface area contributed by atoms with Crippen LogP contribution in [0.4, 0.5) is 0 Å². The highest BCUT2D eigenvalue weighted by Crippen LogP contribution is 2.24. The summed E-state index contributed by atoms with van der Waals surface area (Å²) < 4.78 is 0. The van der Waals surface area contributed by atoms with Crippen LogP contribution in [0.5, 0.6) is 0 Å². The Kier molecular flexibility index (Phi) is 6.70. The number of hydrogen-bond acceptors (Lipinski definition) is 1. The van der Waals surface area contributed by atoms with E-state index >= 15 is 0 Å². The van der Waals surface area contributed by atoms with Gasteiger partial charge in [-0.05, 0) is 55.5 Å². The van der Waals surface area contributed by atoms with E-state index in [-0.39, 0.29) is 11.9 Å². The maximum Gasteiger partial charge on any atom is 0.220 e. The van der Waals surface area contributed by atoms with Gasteiger partial charge in [-0.3, -0.25) is 4.79 Å². The van der Waals surface area contributed by atoms with Crippen molar-refractivity contribution in [1.82, 2.24) is 5.32 Å². The Balaban J connectivity index is 1.97. The third-order valence-corrected chi connectivity index (χ3v) is 4.91. The number of carbonyl (C=O) groups is 1. The molecule has 24 heavy (non-hydrogen) atoms. The van der Waals surface area contributed by atoms with Gasteiger partial charge in [0.05, 0.1) is 16.1 Å². The molecule has 0 heterocycles. The Bertz CT molecular complexity index is 728. The van der Waals surface area contributed by atoms with Gasteiger partial charge in [0, 0.05) is 6.42 Å². The number of carbonyl (C=O) groups excluding carboxylic acids is 1. The van der Waals surface area contributed by atoms with E-state index in [4.69, 9.17) is 23.2 Å². The zero-order chi connectivity index (χ0) is 17.7. The second kappa shape index (κ2) is 8.55. The standard InChI is InChI=1S/C20H23Cl2NO/c1-4-19(16-8-5-13(2)11-14(16)3)23-20(24)10-7-15-6-9-17(21)18(22)12-15/h5-6,8-9,11-12,19H,4,7,10H2,1-3H3,(H,23,24)/t19-/m1/s1. The van der Waals surface area contributed by atoms with Crippen molar-refractivity contribution in [2.45, 2.75) is 46.1 Å². The highest BCUT2D eigenvalue weighted by Gasteiger charge is 2.15. The summed E-state index contributed by atoms with van der Waals surface area (Å²) in [5.74, 6) is 0.0490. The predicted molar refractivity (Wildman–Crippen MR) is 102 cm³/mol. The van der Waals surface area contributed by atoms with Crippen molar-refractivity contribution in [3.05, 3.63) is 68.7 Å². The zero-order valence-corrected chi connectivity index (χ0v) is 15.8. The van der Waals surface area contributed by atoms with E-state index in [9.17, 15) is 4.79 Å². The molecule has 2 aromatic carbocycles. The first-order valence-corrected chi connectivity index (χ1v) is 8.96. The average Bonchev–Trinajstić information content (AvgIpc) is 2.54. The molecule has 4 heteroatoms. The van der Waals surface area contributed by atoms with E-state index in [1.54, 1.807) is 6.07 Å². The minimum absolute atomic E-state index is 0.0481. The highest BCUT2D eigenvalue weighted by atomic mass is 35.5. The van der Waals surface area contributed by atoms with Crippen molar-refractivity contribution >= 4 is 29.1 Å². The quantitative estimate of drug-likeness (QED) is 0.688. The minimum Gasteiger partial charge on any atom is -0.349 e. The van der Waals surface area contributed by atoms with Crippen LogP contribution in [0, 0.1) is 13.8 Å². The monoisotopic (exact) mass is 363 g/mol. The van der Waals surface area contributed by atoms with Gasteiger partial charge in [0.15, 0.2) is 0 Å². The first-order chi connectivity index (χ1) is 11.4. The summed E-state index contributed by atoms with van der Waals surface area (Å²) in [5, 5.41) is 4.20. The van der Waals surface area contributed by atoms with Crippen molar-refractivity contribution < 1.29 is 4.79 Å². The summed E-state index contributed by atoms with van der Waals surface area (Å²) in [6.07, 6.45) is 1.94. The fraction of sp³-hybridized carbons (Fsp3) is 0.350. The van der Waals surface area contributed by atoms with Gasteiger partial charge in [0.1, 0.15) is 0 Å². The van der Waals surface area contributed by atoms with Gasteiger partial charge in [-0.15, -0.1) is 0 Å². The van der Waals surface area contributed by atoms with Gasteiger partial charge >= 0.3 is 0 Å². The average molecular weight is 364 g/mol. The molecule has 0 aromatic heterocycles. The summed E-state index contributed by atoms with van der Waals surface area (Å²) in [5.41, 5.74) is 4.65. The first-order valence-electron chi connectivity index (χ1n) is 8.21. The molecule has 0 aliphatic heterocycles. The second-order valence-corrected chi connectivity index (χ2v) is 6.95. The number of benzene rings is 2. The highest BCUT2D eigenvalue weighted by molar-refractivity contribution is 6.42. The smallest absolute Gasteiger partial charge is 0.220 e. The molecule has 0 fully saturated rings. The van der Waals surface area contributed by atoms with E-state index < -0.39 is 0 Å². The normalized spacial score (nSPS) is 12.0. The zero-order valence-electron chi connectivity index (χ0n) is 14.3. The summed E-state index contributed by atoms with van der Waals surface area (Å²) in [4.78, 5) is 12.3. The SMILES string of the molecule is CC[C@@H](NC(=O)CCc1ccc(Cl)c(Cl)c1)c1ccc(C)cc1C. The molecule has 2 aromatic rings. The van der Waals surface area contributed by atoms with E-state index in [0.29, 0.717) is 22.9 Å². The van der Waals surface area contributed by atoms with Gasteiger partial charge in [0.25, 0.3) is 0 Å². The Morgan fingerprint density at radius 1 is 1.08 bits per heavy atom. The molecule has 0 saturated carbocycles. The molecule has 2 nitrogen and oxygen atoms in total. The van der Waals surface area contributed by atoms with Gasteiger partial charge in [0.2, 0.25) is 5.91 Å². The largest absolute Gasteiger partial charge is 0.349 e. The van der Waals surface area contributed by atoms with E-state index in [2.05, 4.69) is 44.3 Å². The lowest BCUT2D eigenvalue weighted by Crippen LogP contribution is -2.28. The molecule has 2 rings (SSSR count). The number of hydrogen-bond donors (Lipinski definition) is 1. The Hall–Kier alpha value is -1.51. The Morgan fingerprint density at radius 3 is 2.46 bits per heavy atom. The third-order valence-electron chi connectivity index (χ3n) is 4.17. The first kappa shape index (κ1) is 18.8. The fourth-order valence-corrected chi connectivity index (χ4v) is 3.16. The molecule has 0 saturated heterocycles. The molecule has 0 spiro atoms. The van der Waals surface area contributed by atoms with Crippen molar-refractivity contribution in [2.24, 2.45) is 0 Å². The van der Waals surface area contributed by atoms with Crippen LogP contribution in [0.2, 0.25) is 10.0 Å². The molecule has 1 atom stereocenters. The van der Waals surface area contributed by atoms with Crippen LogP contribution in [-0.4, -0.2) is 5.91 Å². The summed E-state index contributed by atoms with van der Waals surface area (Å²) in [6, 6.07) is 11.9. The Labute approximate surface area is 154 Å². The van der Waals surface area contributed by atoms with Crippen molar-refractivity contribution in [1.29, 1.82) is 0 Å². The number of aryl methyl sites for hydroxylation is 3. The molecule has 0 aliphatic carbocycles. The van der Waals surface area contributed by atoms with Gasteiger partial charge < -0.3 is 5.32 Å². The van der Waals surface area contributed by atoms with Crippen LogP contribution in [0.15, 0.2) is 36.4 Å². The minimum atomic E-state index is 0.0481. The molecule has 128 valence electrons. The number of halogens is 2. The molecule has 1 N–H and O–H groups in total. The van der Waals surface area contributed by atoms with Crippen LogP contribution in [0.3, 0.4) is 0 Å². The molecule has 0 unspecified atom stereocenters. The molecule has 0 aliphatic rings. The molecular formula is C20H23Cl2NO.